The second kappa shape index (κ2) is 6.78. The summed E-state index contributed by atoms with van der Waals surface area (Å²) in [4.78, 5) is 22.1. The van der Waals surface area contributed by atoms with Crippen LogP contribution in [0.4, 0.5) is 11.8 Å². The first kappa shape index (κ1) is 14.2. The number of anilines is 2. The number of aromatic nitrogens is 2. The zero-order valence-electron chi connectivity index (χ0n) is 11.4. The molecule has 0 unspecified atom stereocenters. The van der Waals surface area contributed by atoms with Crippen molar-refractivity contribution in [2.45, 2.75) is 20.3 Å². The average molecular weight is 251 g/mol. The molecule has 0 aliphatic rings. The van der Waals surface area contributed by atoms with Gasteiger partial charge in [-0.2, -0.15) is 4.98 Å². The third kappa shape index (κ3) is 3.58. The van der Waals surface area contributed by atoms with Gasteiger partial charge in [0.1, 0.15) is 5.82 Å². The first-order valence-electron chi connectivity index (χ1n) is 6.09. The van der Waals surface area contributed by atoms with Crippen molar-refractivity contribution in [1.82, 2.24) is 15.3 Å². The fourth-order valence-corrected chi connectivity index (χ4v) is 1.66. The number of carbonyl (C=O) groups excluding carboxylic acids is 1. The number of amides is 1. The highest BCUT2D eigenvalue weighted by Gasteiger charge is 2.14. The minimum atomic E-state index is -0.0209. The maximum absolute atomic E-state index is 11.5. The summed E-state index contributed by atoms with van der Waals surface area (Å²) in [6, 6.07) is 0. The Balaban J connectivity index is 2.99. The first-order chi connectivity index (χ1) is 8.62. The van der Waals surface area contributed by atoms with E-state index in [0.717, 1.165) is 24.3 Å². The van der Waals surface area contributed by atoms with Gasteiger partial charge in [-0.3, -0.25) is 4.79 Å². The van der Waals surface area contributed by atoms with E-state index in [4.69, 9.17) is 0 Å². The van der Waals surface area contributed by atoms with Gasteiger partial charge in [0.25, 0.3) is 0 Å². The highest BCUT2D eigenvalue weighted by Crippen LogP contribution is 2.17. The molecule has 6 nitrogen and oxygen atoms in total. The van der Waals surface area contributed by atoms with Gasteiger partial charge in [0, 0.05) is 32.4 Å². The Morgan fingerprint density at radius 2 is 2.17 bits per heavy atom. The molecule has 1 amide bonds. The van der Waals surface area contributed by atoms with Gasteiger partial charge in [-0.25, -0.2) is 4.98 Å². The normalized spacial score (nSPS) is 10.0. The van der Waals surface area contributed by atoms with Crippen LogP contribution in [0, 0.1) is 6.92 Å². The summed E-state index contributed by atoms with van der Waals surface area (Å²) >= 11 is 0. The van der Waals surface area contributed by atoms with Crippen LogP contribution in [-0.4, -0.2) is 43.1 Å². The van der Waals surface area contributed by atoms with E-state index in [1.165, 1.54) is 0 Å². The van der Waals surface area contributed by atoms with Crippen LogP contribution in [-0.2, 0) is 4.79 Å². The molecule has 0 saturated carbocycles. The number of aryl methyl sites for hydroxylation is 1. The molecule has 0 radical (unpaired) electrons. The standard InChI is InChI=1S/C12H21N5O/c1-5-6-17(8-10(18)13-3)11-9(2)7-15-12(14-4)16-11/h7H,5-6,8H2,1-4H3,(H,13,18)(H,14,15,16). The molecule has 0 spiro atoms. The van der Waals surface area contributed by atoms with Crippen molar-refractivity contribution in [3.63, 3.8) is 0 Å². The van der Waals surface area contributed by atoms with Gasteiger partial charge in [-0.05, 0) is 13.3 Å². The van der Waals surface area contributed by atoms with Crippen molar-refractivity contribution in [2.24, 2.45) is 0 Å². The van der Waals surface area contributed by atoms with Crippen LogP contribution in [0.2, 0.25) is 0 Å². The molecule has 100 valence electrons. The van der Waals surface area contributed by atoms with Crippen LogP contribution in [0.15, 0.2) is 6.20 Å². The third-order valence-electron chi connectivity index (χ3n) is 2.57. The molecule has 1 aromatic rings. The third-order valence-corrected chi connectivity index (χ3v) is 2.57. The topological polar surface area (TPSA) is 70.2 Å². The van der Waals surface area contributed by atoms with Crippen molar-refractivity contribution in [3.8, 4) is 0 Å². The second-order valence-electron chi connectivity index (χ2n) is 4.04. The van der Waals surface area contributed by atoms with Gasteiger partial charge in [0.05, 0.1) is 6.54 Å². The molecule has 0 aliphatic heterocycles. The van der Waals surface area contributed by atoms with Crippen LogP contribution >= 0.6 is 0 Å². The zero-order chi connectivity index (χ0) is 13.5. The summed E-state index contributed by atoms with van der Waals surface area (Å²) in [5.74, 6) is 1.35. The zero-order valence-corrected chi connectivity index (χ0v) is 11.4. The maximum Gasteiger partial charge on any atom is 0.239 e. The number of hydrogen-bond acceptors (Lipinski definition) is 5. The maximum atomic E-state index is 11.5. The molecule has 0 fully saturated rings. The molecule has 0 atom stereocenters. The molecule has 6 heteroatoms. The molecule has 0 saturated heterocycles. The van der Waals surface area contributed by atoms with E-state index < -0.39 is 0 Å². The van der Waals surface area contributed by atoms with Crippen LogP contribution in [0.1, 0.15) is 18.9 Å². The summed E-state index contributed by atoms with van der Waals surface area (Å²) in [6.45, 7) is 5.12. The van der Waals surface area contributed by atoms with Crippen molar-refractivity contribution < 1.29 is 4.79 Å². The Morgan fingerprint density at radius 3 is 2.72 bits per heavy atom. The molecule has 1 heterocycles. The number of nitrogens with one attached hydrogen (secondary N) is 2. The molecule has 0 bridgehead atoms. The van der Waals surface area contributed by atoms with Crippen LogP contribution in [0.5, 0.6) is 0 Å². The lowest BCUT2D eigenvalue weighted by atomic mass is 10.3. The fourth-order valence-electron chi connectivity index (χ4n) is 1.66. The number of nitrogens with zero attached hydrogens (tertiary/aromatic N) is 3. The Bertz CT molecular complexity index is 407. The minimum Gasteiger partial charge on any atom is -0.358 e. The molecule has 1 rings (SSSR count). The largest absolute Gasteiger partial charge is 0.358 e. The SMILES string of the molecule is CCCN(CC(=O)NC)c1nc(NC)ncc1C. The summed E-state index contributed by atoms with van der Waals surface area (Å²) in [5.41, 5.74) is 0.964. The predicted molar refractivity (Wildman–Crippen MR) is 72.9 cm³/mol. The number of rotatable bonds is 6. The van der Waals surface area contributed by atoms with E-state index in [1.807, 2.05) is 11.8 Å². The predicted octanol–water partition coefficient (Wildman–Crippen LogP) is 0.789. The molecule has 1 aromatic heterocycles. The lowest BCUT2D eigenvalue weighted by Crippen LogP contribution is -2.37. The first-order valence-corrected chi connectivity index (χ1v) is 6.09. The summed E-state index contributed by atoms with van der Waals surface area (Å²) in [6.07, 6.45) is 2.72. The number of hydrogen-bond donors (Lipinski definition) is 2. The Labute approximate surface area is 108 Å². The second-order valence-corrected chi connectivity index (χ2v) is 4.04. The molecule has 18 heavy (non-hydrogen) atoms. The van der Waals surface area contributed by atoms with Gasteiger partial charge < -0.3 is 15.5 Å². The number of carbonyl (C=O) groups is 1. The van der Waals surface area contributed by atoms with Crippen LogP contribution in [0.3, 0.4) is 0 Å². The van der Waals surface area contributed by atoms with Crippen molar-refractivity contribution in [3.05, 3.63) is 11.8 Å². The summed E-state index contributed by atoms with van der Waals surface area (Å²) < 4.78 is 0. The Hall–Kier alpha value is -1.85. The Kier molecular flexibility index (Phi) is 5.35. The smallest absolute Gasteiger partial charge is 0.239 e. The quantitative estimate of drug-likeness (QED) is 0.782. The molecule has 2 N–H and O–H groups in total. The van der Waals surface area contributed by atoms with Gasteiger partial charge in [-0.15, -0.1) is 0 Å². The highest BCUT2D eigenvalue weighted by atomic mass is 16.1. The molecular formula is C12H21N5O. The monoisotopic (exact) mass is 251 g/mol. The lowest BCUT2D eigenvalue weighted by Gasteiger charge is -2.24. The lowest BCUT2D eigenvalue weighted by molar-refractivity contribution is -0.119. The van der Waals surface area contributed by atoms with Gasteiger partial charge in [0.2, 0.25) is 11.9 Å². The van der Waals surface area contributed by atoms with E-state index in [9.17, 15) is 4.79 Å². The van der Waals surface area contributed by atoms with Crippen molar-refractivity contribution in [1.29, 1.82) is 0 Å². The van der Waals surface area contributed by atoms with Crippen molar-refractivity contribution in [2.75, 3.05) is 37.4 Å². The summed E-state index contributed by atoms with van der Waals surface area (Å²) in [7, 11) is 3.41. The fraction of sp³-hybridized carbons (Fsp3) is 0.583. The van der Waals surface area contributed by atoms with E-state index in [2.05, 4.69) is 27.5 Å². The minimum absolute atomic E-state index is 0.0209. The number of likely N-dealkylation sites (N-methyl/N-ethyl adjacent to an activating group) is 1. The van der Waals surface area contributed by atoms with Gasteiger partial charge in [-0.1, -0.05) is 6.92 Å². The van der Waals surface area contributed by atoms with Crippen LogP contribution in [0.25, 0.3) is 0 Å². The van der Waals surface area contributed by atoms with Gasteiger partial charge >= 0.3 is 0 Å². The van der Waals surface area contributed by atoms with Crippen LogP contribution < -0.4 is 15.5 Å². The molecular weight excluding hydrogens is 230 g/mol. The Morgan fingerprint density at radius 1 is 1.44 bits per heavy atom. The van der Waals surface area contributed by atoms with Crippen molar-refractivity contribution >= 4 is 17.7 Å². The van der Waals surface area contributed by atoms with E-state index in [1.54, 1.807) is 20.3 Å². The summed E-state index contributed by atoms with van der Waals surface area (Å²) in [5, 5.41) is 5.54. The highest BCUT2D eigenvalue weighted by molar-refractivity contribution is 5.81. The van der Waals surface area contributed by atoms with E-state index in [-0.39, 0.29) is 5.91 Å². The average Bonchev–Trinajstić information content (AvgIpc) is 2.38. The molecule has 0 aromatic carbocycles. The van der Waals surface area contributed by atoms with E-state index >= 15 is 0 Å². The van der Waals surface area contributed by atoms with Gasteiger partial charge in [0.15, 0.2) is 0 Å². The van der Waals surface area contributed by atoms with E-state index in [0.29, 0.717) is 12.5 Å². The molecule has 0 aliphatic carbocycles.